The zero-order chi connectivity index (χ0) is 19.9. The fraction of sp³-hybridized carbons (Fsp3) is 0.208. The molecule has 2 atom stereocenters. The number of hydrogen-bond donors (Lipinski definition) is 1. The minimum absolute atomic E-state index is 0.167. The van der Waals surface area contributed by atoms with E-state index in [2.05, 4.69) is 18.3 Å². The minimum Gasteiger partial charge on any atom is -0.479 e. The monoisotopic (exact) mass is 393 g/mol. The first-order valence-electron chi connectivity index (χ1n) is 9.42. The van der Waals surface area contributed by atoms with Gasteiger partial charge in [-0.05, 0) is 42.2 Å². The zero-order valence-corrected chi connectivity index (χ0v) is 16.8. The van der Waals surface area contributed by atoms with Crippen LogP contribution < -0.4 is 10.1 Å². The van der Waals surface area contributed by atoms with Crippen molar-refractivity contribution in [1.29, 1.82) is 0 Å². The summed E-state index contributed by atoms with van der Waals surface area (Å²) in [6, 6.07) is 25.0. The van der Waals surface area contributed by atoms with Gasteiger partial charge in [-0.3, -0.25) is 4.79 Å². The van der Waals surface area contributed by atoms with Crippen molar-refractivity contribution in [3.63, 3.8) is 0 Å². The summed E-state index contributed by atoms with van der Waals surface area (Å²) in [5, 5.41) is 3.67. The molecule has 0 aromatic heterocycles. The Bertz CT molecular complexity index is 927. The van der Waals surface area contributed by atoms with Crippen molar-refractivity contribution in [2.75, 3.05) is 0 Å². The molecule has 0 bridgehead atoms. The second-order valence-electron chi connectivity index (χ2n) is 6.65. The van der Waals surface area contributed by atoms with Gasteiger partial charge in [-0.2, -0.15) is 0 Å². The van der Waals surface area contributed by atoms with Crippen LogP contribution in [0, 0.1) is 6.92 Å². The molecule has 0 saturated heterocycles. The van der Waals surface area contributed by atoms with Gasteiger partial charge in [-0.1, -0.05) is 85.3 Å². The van der Waals surface area contributed by atoms with Crippen LogP contribution in [0.3, 0.4) is 0 Å². The second kappa shape index (κ2) is 9.43. The van der Waals surface area contributed by atoms with E-state index in [-0.39, 0.29) is 11.9 Å². The van der Waals surface area contributed by atoms with Crippen LogP contribution in [-0.4, -0.2) is 12.0 Å². The van der Waals surface area contributed by atoms with E-state index in [1.807, 2.05) is 67.6 Å². The Morgan fingerprint density at radius 3 is 2.29 bits per heavy atom. The maximum Gasteiger partial charge on any atom is 0.261 e. The van der Waals surface area contributed by atoms with Crippen molar-refractivity contribution < 1.29 is 9.53 Å². The van der Waals surface area contributed by atoms with E-state index in [4.69, 9.17) is 16.3 Å². The third-order valence-corrected chi connectivity index (χ3v) is 5.00. The lowest BCUT2D eigenvalue weighted by atomic mass is 9.94. The Morgan fingerprint density at radius 1 is 0.964 bits per heavy atom. The fourth-order valence-corrected chi connectivity index (χ4v) is 3.33. The molecular formula is C24H24ClNO2. The molecule has 3 nitrogen and oxygen atoms in total. The number of rotatable bonds is 7. The van der Waals surface area contributed by atoms with E-state index in [1.165, 1.54) is 0 Å². The fourth-order valence-electron chi connectivity index (χ4n) is 3.15. The highest BCUT2D eigenvalue weighted by molar-refractivity contribution is 6.32. The number of para-hydroxylation sites is 1. The van der Waals surface area contributed by atoms with Crippen LogP contribution >= 0.6 is 11.6 Å². The van der Waals surface area contributed by atoms with Crippen LogP contribution in [0.5, 0.6) is 5.75 Å². The summed E-state index contributed by atoms with van der Waals surface area (Å²) < 4.78 is 5.92. The molecule has 3 aromatic carbocycles. The number of amides is 1. The van der Waals surface area contributed by atoms with Crippen LogP contribution in [0.25, 0.3) is 0 Å². The Kier molecular flexibility index (Phi) is 6.72. The number of ether oxygens (including phenoxy) is 1. The van der Waals surface area contributed by atoms with Gasteiger partial charge in [0.1, 0.15) is 5.75 Å². The van der Waals surface area contributed by atoms with E-state index in [0.717, 1.165) is 16.7 Å². The molecule has 0 heterocycles. The first-order chi connectivity index (χ1) is 13.6. The van der Waals surface area contributed by atoms with E-state index in [9.17, 15) is 4.79 Å². The number of nitrogens with one attached hydrogen (secondary N) is 1. The molecule has 0 fully saturated rings. The summed E-state index contributed by atoms with van der Waals surface area (Å²) in [5.41, 5.74) is 3.21. The van der Waals surface area contributed by atoms with Crippen LogP contribution in [0.4, 0.5) is 0 Å². The van der Waals surface area contributed by atoms with Crippen molar-refractivity contribution >= 4 is 17.5 Å². The Morgan fingerprint density at radius 2 is 1.61 bits per heavy atom. The van der Waals surface area contributed by atoms with E-state index in [0.29, 0.717) is 17.2 Å². The highest BCUT2D eigenvalue weighted by atomic mass is 35.5. The molecule has 1 amide bonds. The van der Waals surface area contributed by atoms with Gasteiger partial charge in [-0.25, -0.2) is 0 Å². The molecule has 28 heavy (non-hydrogen) atoms. The smallest absolute Gasteiger partial charge is 0.261 e. The number of aryl methyl sites for hydroxylation is 1. The van der Waals surface area contributed by atoms with Crippen molar-refractivity contribution in [1.82, 2.24) is 5.32 Å². The molecule has 0 aliphatic carbocycles. The number of benzene rings is 3. The lowest BCUT2D eigenvalue weighted by Crippen LogP contribution is -2.40. The quantitative estimate of drug-likeness (QED) is 0.558. The van der Waals surface area contributed by atoms with Crippen LogP contribution in [0.1, 0.15) is 36.1 Å². The summed E-state index contributed by atoms with van der Waals surface area (Å²) in [6.45, 7) is 3.97. The molecule has 0 unspecified atom stereocenters. The van der Waals surface area contributed by atoms with Gasteiger partial charge >= 0.3 is 0 Å². The van der Waals surface area contributed by atoms with Gasteiger partial charge in [0.25, 0.3) is 5.91 Å². The number of carbonyl (C=O) groups excluding carboxylic acids is 1. The number of halogens is 1. The van der Waals surface area contributed by atoms with Crippen LogP contribution in [-0.2, 0) is 4.79 Å². The highest BCUT2D eigenvalue weighted by Gasteiger charge is 2.25. The second-order valence-corrected chi connectivity index (χ2v) is 7.06. The topological polar surface area (TPSA) is 38.3 Å². The molecule has 1 N–H and O–H groups in total. The molecule has 0 aliphatic heterocycles. The van der Waals surface area contributed by atoms with Gasteiger partial charge in [0.05, 0.1) is 11.1 Å². The van der Waals surface area contributed by atoms with Crippen LogP contribution in [0.15, 0.2) is 78.9 Å². The average molecular weight is 394 g/mol. The molecule has 4 heteroatoms. The first kappa shape index (κ1) is 20.0. The Labute approximate surface area is 171 Å². The van der Waals surface area contributed by atoms with Gasteiger partial charge < -0.3 is 10.1 Å². The molecule has 3 rings (SSSR count). The van der Waals surface area contributed by atoms with Gasteiger partial charge in [-0.15, -0.1) is 0 Å². The zero-order valence-electron chi connectivity index (χ0n) is 16.1. The number of hydrogen-bond acceptors (Lipinski definition) is 2. The van der Waals surface area contributed by atoms with E-state index < -0.39 is 6.10 Å². The average Bonchev–Trinajstić information content (AvgIpc) is 2.72. The van der Waals surface area contributed by atoms with Crippen molar-refractivity contribution in [3.05, 3.63) is 101 Å². The third-order valence-electron chi connectivity index (χ3n) is 4.69. The predicted molar refractivity (Wildman–Crippen MR) is 114 cm³/mol. The summed E-state index contributed by atoms with van der Waals surface area (Å²) >= 11 is 6.19. The molecule has 144 valence electrons. The first-order valence-corrected chi connectivity index (χ1v) is 9.80. The van der Waals surface area contributed by atoms with Crippen molar-refractivity contribution in [2.45, 2.75) is 32.4 Å². The maximum absolute atomic E-state index is 13.1. The standard InChI is InChI=1S/C24H24ClNO2/c1-3-21(28-22-16-10-9-15-20(22)25)24(27)26-23(18-12-5-4-6-13-18)19-14-8-7-11-17(19)2/h4-16,21,23H,3H2,1-2H3,(H,26,27)/t21-,23-/m0/s1. The normalized spacial score (nSPS) is 12.8. The molecule has 0 radical (unpaired) electrons. The molecule has 0 saturated carbocycles. The molecule has 0 spiro atoms. The summed E-state index contributed by atoms with van der Waals surface area (Å²) in [4.78, 5) is 13.1. The molecular weight excluding hydrogens is 370 g/mol. The highest BCUT2D eigenvalue weighted by Crippen LogP contribution is 2.27. The summed E-state index contributed by atoms with van der Waals surface area (Å²) in [5.74, 6) is 0.345. The maximum atomic E-state index is 13.1. The lowest BCUT2D eigenvalue weighted by Gasteiger charge is -2.25. The van der Waals surface area contributed by atoms with Crippen molar-refractivity contribution in [2.24, 2.45) is 0 Å². The summed E-state index contributed by atoms with van der Waals surface area (Å²) in [7, 11) is 0. The largest absolute Gasteiger partial charge is 0.479 e. The third kappa shape index (κ3) is 4.73. The number of carbonyl (C=O) groups is 1. The Balaban J connectivity index is 1.86. The summed E-state index contributed by atoms with van der Waals surface area (Å²) in [6.07, 6.45) is -0.0954. The van der Waals surface area contributed by atoms with Gasteiger partial charge in [0.15, 0.2) is 6.10 Å². The van der Waals surface area contributed by atoms with Gasteiger partial charge in [0.2, 0.25) is 0 Å². The molecule has 3 aromatic rings. The lowest BCUT2D eigenvalue weighted by molar-refractivity contribution is -0.128. The SMILES string of the molecule is CC[C@H](Oc1ccccc1Cl)C(=O)N[C@@H](c1ccccc1)c1ccccc1C. The van der Waals surface area contributed by atoms with Crippen LogP contribution in [0.2, 0.25) is 5.02 Å². The Hall–Kier alpha value is -2.78. The van der Waals surface area contributed by atoms with Gasteiger partial charge in [0, 0.05) is 0 Å². The van der Waals surface area contributed by atoms with Crippen molar-refractivity contribution in [3.8, 4) is 5.75 Å². The van der Waals surface area contributed by atoms with E-state index in [1.54, 1.807) is 12.1 Å². The van der Waals surface area contributed by atoms with E-state index >= 15 is 0 Å². The minimum atomic E-state index is -0.630. The molecule has 0 aliphatic rings. The predicted octanol–water partition coefficient (Wildman–Crippen LogP) is 5.71.